The minimum atomic E-state index is -4.32. The number of halogens is 3. The van der Waals surface area contributed by atoms with Crippen molar-refractivity contribution < 1.29 is 22.7 Å². The summed E-state index contributed by atoms with van der Waals surface area (Å²) in [6, 6.07) is 0. The summed E-state index contributed by atoms with van der Waals surface area (Å²) in [5.41, 5.74) is -1.16. The molecule has 6 heteroatoms. The first kappa shape index (κ1) is 15.3. The molecule has 1 aliphatic rings. The SMILES string of the molecule is CCC1CCCC(NCC(F)(F)F)(C(=O)OC)C1. The molecule has 1 aliphatic carbocycles. The molecular formula is C12H20F3NO2. The van der Waals surface area contributed by atoms with Crippen LogP contribution in [-0.4, -0.2) is 31.3 Å². The largest absolute Gasteiger partial charge is 0.468 e. The van der Waals surface area contributed by atoms with E-state index >= 15 is 0 Å². The average molecular weight is 267 g/mol. The molecular weight excluding hydrogens is 247 g/mol. The summed E-state index contributed by atoms with van der Waals surface area (Å²) < 4.78 is 41.6. The summed E-state index contributed by atoms with van der Waals surface area (Å²) in [5.74, 6) is -0.302. The monoisotopic (exact) mass is 267 g/mol. The highest BCUT2D eigenvalue weighted by Gasteiger charge is 2.45. The molecule has 0 bridgehead atoms. The van der Waals surface area contributed by atoms with Gasteiger partial charge in [0, 0.05) is 0 Å². The van der Waals surface area contributed by atoms with Crippen LogP contribution in [0.2, 0.25) is 0 Å². The summed E-state index contributed by atoms with van der Waals surface area (Å²) >= 11 is 0. The van der Waals surface area contributed by atoms with Gasteiger partial charge < -0.3 is 4.74 Å². The molecule has 0 saturated heterocycles. The highest BCUT2D eigenvalue weighted by molar-refractivity contribution is 5.81. The Balaban J connectivity index is 2.78. The van der Waals surface area contributed by atoms with E-state index in [0.29, 0.717) is 12.8 Å². The Morgan fingerprint density at radius 2 is 2.17 bits per heavy atom. The van der Waals surface area contributed by atoms with Crippen LogP contribution in [0.5, 0.6) is 0 Å². The van der Waals surface area contributed by atoms with E-state index in [0.717, 1.165) is 19.3 Å². The van der Waals surface area contributed by atoms with Crippen molar-refractivity contribution in [2.45, 2.75) is 50.7 Å². The van der Waals surface area contributed by atoms with Gasteiger partial charge >= 0.3 is 12.1 Å². The van der Waals surface area contributed by atoms with Gasteiger partial charge in [-0.2, -0.15) is 13.2 Å². The highest BCUT2D eigenvalue weighted by atomic mass is 19.4. The van der Waals surface area contributed by atoms with Gasteiger partial charge in [0.2, 0.25) is 0 Å². The molecule has 1 N–H and O–H groups in total. The minimum absolute atomic E-state index is 0.276. The molecule has 0 amide bonds. The predicted octanol–water partition coefficient (Wildman–Crippen LogP) is 2.65. The molecule has 0 spiro atoms. The Morgan fingerprint density at radius 1 is 1.50 bits per heavy atom. The summed E-state index contributed by atoms with van der Waals surface area (Å²) in [6.45, 7) is 0.834. The molecule has 2 unspecified atom stereocenters. The molecule has 1 rings (SSSR count). The lowest BCUT2D eigenvalue weighted by molar-refractivity contribution is -0.156. The van der Waals surface area contributed by atoms with E-state index in [-0.39, 0.29) is 5.92 Å². The van der Waals surface area contributed by atoms with Crippen molar-refractivity contribution in [1.82, 2.24) is 5.32 Å². The summed E-state index contributed by atoms with van der Waals surface area (Å²) in [6.07, 6.45) is -0.910. The van der Waals surface area contributed by atoms with Crippen LogP contribution in [0.3, 0.4) is 0 Å². The average Bonchev–Trinajstić information content (AvgIpc) is 2.34. The number of hydrogen-bond acceptors (Lipinski definition) is 3. The molecule has 1 saturated carbocycles. The fraction of sp³-hybridized carbons (Fsp3) is 0.917. The lowest BCUT2D eigenvalue weighted by Crippen LogP contribution is -2.57. The lowest BCUT2D eigenvalue weighted by Gasteiger charge is -2.39. The van der Waals surface area contributed by atoms with Crippen LogP contribution < -0.4 is 5.32 Å². The Bertz CT molecular complexity index is 294. The quantitative estimate of drug-likeness (QED) is 0.796. The fourth-order valence-corrected chi connectivity index (χ4v) is 2.62. The van der Waals surface area contributed by atoms with Crippen LogP contribution >= 0.6 is 0 Å². The lowest BCUT2D eigenvalue weighted by atomic mass is 9.74. The number of ether oxygens (including phenoxy) is 1. The van der Waals surface area contributed by atoms with Crippen molar-refractivity contribution >= 4 is 5.97 Å². The maximum absolute atomic E-state index is 12.3. The number of hydrogen-bond donors (Lipinski definition) is 1. The molecule has 0 aromatic heterocycles. The van der Waals surface area contributed by atoms with Gasteiger partial charge in [-0.15, -0.1) is 0 Å². The van der Waals surface area contributed by atoms with Gasteiger partial charge in [0.1, 0.15) is 5.54 Å². The van der Waals surface area contributed by atoms with Crippen LogP contribution in [-0.2, 0) is 9.53 Å². The van der Waals surface area contributed by atoms with E-state index in [2.05, 4.69) is 10.1 Å². The maximum atomic E-state index is 12.3. The number of alkyl halides is 3. The fourth-order valence-electron chi connectivity index (χ4n) is 2.62. The predicted molar refractivity (Wildman–Crippen MR) is 61.1 cm³/mol. The number of nitrogens with one attached hydrogen (secondary N) is 1. The molecule has 0 heterocycles. The van der Waals surface area contributed by atoms with Crippen molar-refractivity contribution in [2.24, 2.45) is 5.92 Å². The molecule has 2 atom stereocenters. The Hall–Kier alpha value is -0.780. The third kappa shape index (κ3) is 3.86. The Labute approximate surface area is 105 Å². The van der Waals surface area contributed by atoms with E-state index < -0.39 is 24.2 Å². The van der Waals surface area contributed by atoms with Crippen molar-refractivity contribution in [3.63, 3.8) is 0 Å². The second kappa shape index (κ2) is 5.91. The van der Waals surface area contributed by atoms with E-state index in [9.17, 15) is 18.0 Å². The number of esters is 1. The standard InChI is InChI=1S/C12H20F3NO2/c1-3-9-5-4-6-11(7-9,10(17)18-2)16-8-12(13,14)15/h9,16H,3-8H2,1-2H3. The summed E-state index contributed by atoms with van der Waals surface area (Å²) in [7, 11) is 1.22. The summed E-state index contributed by atoms with van der Waals surface area (Å²) in [4.78, 5) is 11.8. The van der Waals surface area contributed by atoms with Crippen molar-refractivity contribution in [1.29, 1.82) is 0 Å². The molecule has 0 radical (unpaired) electrons. The first-order valence-corrected chi connectivity index (χ1v) is 6.23. The topological polar surface area (TPSA) is 38.3 Å². The van der Waals surface area contributed by atoms with Crippen LogP contribution in [0.1, 0.15) is 39.0 Å². The Morgan fingerprint density at radius 3 is 2.67 bits per heavy atom. The van der Waals surface area contributed by atoms with Crippen LogP contribution in [0, 0.1) is 5.92 Å². The molecule has 0 aliphatic heterocycles. The van der Waals surface area contributed by atoms with Gasteiger partial charge in [-0.1, -0.05) is 26.2 Å². The van der Waals surface area contributed by atoms with Gasteiger partial charge in [-0.05, 0) is 18.8 Å². The van der Waals surface area contributed by atoms with Crippen molar-refractivity contribution in [2.75, 3.05) is 13.7 Å². The number of methoxy groups -OCH3 is 1. The van der Waals surface area contributed by atoms with Gasteiger partial charge in [-0.25, -0.2) is 0 Å². The molecule has 0 aromatic carbocycles. The third-order valence-corrected chi connectivity index (χ3v) is 3.63. The van der Waals surface area contributed by atoms with Crippen LogP contribution in [0.15, 0.2) is 0 Å². The zero-order valence-corrected chi connectivity index (χ0v) is 10.8. The van der Waals surface area contributed by atoms with Crippen molar-refractivity contribution in [3.05, 3.63) is 0 Å². The van der Waals surface area contributed by atoms with Gasteiger partial charge in [0.05, 0.1) is 13.7 Å². The van der Waals surface area contributed by atoms with Gasteiger partial charge in [0.15, 0.2) is 0 Å². The zero-order valence-electron chi connectivity index (χ0n) is 10.8. The minimum Gasteiger partial charge on any atom is -0.468 e. The van der Waals surface area contributed by atoms with E-state index in [1.807, 2.05) is 6.92 Å². The number of carbonyl (C=O) groups is 1. The first-order valence-electron chi connectivity index (χ1n) is 6.23. The second-order valence-electron chi connectivity index (χ2n) is 4.91. The highest BCUT2D eigenvalue weighted by Crippen LogP contribution is 2.35. The zero-order chi connectivity index (χ0) is 13.8. The van der Waals surface area contributed by atoms with Crippen molar-refractivity contribution in [3.8, 4) is 0 Å². The number of carbonyl (C=O) groups excluding carboxylic acids is 1. The van der Waals surface area contributed by atoms with Crippen LogP contribution in [0.4, 0.5) is 13.2 Å². The van der Waals surface area contributed by atoms with E-state index in [1.165, 1.54) is 7.11 Å². The second-order valence-corrected chi connectivity index (χ2v) is 4.91. The first-order chi connectivity index (χ1) is 8.33. The van der Waals surface area contributed by atoms with E-state index in [4.69, 9.17) is 0 Å². The molecule has 1 fully saturated rings. The maximum Gasteiger partial charge on any atom is 0.401 e. The Kier molecular flexibility index (Phi) is 5.01. The normalized spacial score (nSPS) is 29.1. The van der Waals surface area contributed by atoms with Crippen LogP contribution in [0.25, 0.3) is 0 Å². The molecule has 0 aromatic rings. The van der Waals surface area contributed by atoms with Gasteiger partial charge in [0.25, 0.3) is 0 Å². The number of rotatable bonds is 4. The van der Waals surface area contributed by atoms with E-state index in [1.54, 1.807) is 0 Å². The van der Waals surface area contributed by atoms with Gasteiger partial charge in [-0.3, -0.25) is 10.1 Å². The smallest absolute Gasteiger partial charge is 0.401 e. The molecule has 106 valence electrons. The third-order valence-electron chi connectivity index (χ3n) is 3.63. The summed E-state index contributed by atoms with van der Waals surface area (Å²) in [5, 5.41) is 2.39. The molecule has 18 heavy (non-hydrogen) atoms. The molecule has 3 nitrogen and oxygen atoms in total.